The summed E-state index contributed by atoms with van der Waals surface area (Å²) < 4.78 is 13.2. The molecule has 1 aromatic carbocycles. The molecule has 0 aliphatic carbocycles. The monoisotopic (exact) mass is 251 g/mol. The molecule has 1 amide bonds. The van der Waals surface area contributed by atoms with Gasteiger partial charge in [-0.3, -0.25) is 4.79 Å². The summed E-state index contributed by atoms with van der Waals surface area (Å²) in [6, 6.07) is 3.91. The average molecular weight is 251 g/mol. The Morgan fingerprint density at radius 3 is 2.61 bits per heavy atom. The Morgan fingerprint density at radius 1 is 1.33 bits per heavy atom. The second-order valence-corrected chi connectivity index (χ2v) is 4.46. The summed E-state index contributed by atoms with van der Waals surface area (Å²) in [5.41, 5.74) is 6.32. The van der Waals surface area contributed by atoms with E-state index in [0.29, 0.717) is 18.8 Å². The minimum Gasteiger partial charge on any atom is -0.398 e. The third kappa shape index (κ3) is 2.61. The fraction of sp³-hybridized carbons (Fsp3) is 0.462. The quantitative estimate of drug-likeness (QED) is 0.803. The van der Waals surface area contributed by atoms with Crippen molar-refractivity contribution in [3.05, 3.63) is 29.6 Å². The number of anilines is 1. The van der Waals surface area contributed by atoms with Gasteiger partial charge in [0.1, 0.15) is 5.82 Å². The van der Waals surface area contributed by atoms with Gasteiger partial charge in [0.15, 0.2) is 0 Å². The Morgan fingerprint density at radius 2 is 2.00 bits per heavy atom. The van der Waals surface area contributed by atoms with Crippen LogP contribution in [-0.2, 0) is 0 Å². The number of nitrogen functional groups attached to an aromatic ring is 1. The minimum atomic E-state index is -0.431. The van der Waals surface area contributed by atoms with E-state index in [4.69, 9.17) is 5.73 Å². The number of hydrogen-bond acceptors (Lipinski definition) is 3. The molecule has 2 N–H and O–H groups in total. The predicted octanol–water partition coefficient (Wildman–Crippen LogP) is 1.19. The lowest BCUT2D eigenvalue weighted by molar-refractivity contribution is 0.0644. The number of rotatable bonds is 2. The van der Waals surface area contributed by atoms with Gasteiger partial charge >= 0.3 is 0 Å². The fourth-order valence-electron chi connectivity index (χ4n) is 2.15. The SMILES string of the molecule is CCN1CCN(C(=O)c2cc(F)ccc2N)CC1. The number of hydrogen-bond donors (Lipinski definition) is 1. The van der Waals surface area contributed by atoms with Crippen LogP contribution in [0.2, 0.25) is 0 Å². The smallest absolute Gasteiger partial charge is 0.256 e. The molecular formula is C13H18FN3O. The number of carbonyl (C=O) groups is 1. The van der Waals surface area contributed by atoms with Gasteiger partial charge in [0.2, 0.25) is 0 Å². The molecule has 5 heteroatoms. The summed E-state index contributed by atoms with van der Waals surface area (Å²) in [5, 5.41) is 0. The molecule has 1 aromatic rings. The van der Waals surface area contributed by atoms with Crippen LogP contribution in [0, 0.1) is 5.82 Å². The molecular weight excluding hydrogens is 233 g/mol. The van der Waals surface area contributed by atoms with E-state index in [-0.39, 0.29) is 11.5 Å². The Kier molecular flexibility index (Phi) is 3.81. The van der Waals surface area contributed by atoms with Gasteiger partial charge in [-0.1, -0.05) is 6.92 Å². The first-order valence-electron chi connectivity index (χ1n) is 6.18. The second kappa shape index (κ2) is 5.35. The van der Waals surface area contributed by atoms with Crippen LogP contribution in [0.15, 0.2) is 18.2 Å². The molecule has 1 aliphatic rings. The summed E-state index contributed by atoms with van der Waals surface area (Å²) in [7, 11) is 0. The Hall–Kier alpha value is -1.62. The third-order valence-corrected chi connectivity index (χ3v) is 3.35. The van der Waals surface area contributed by atoms with Crippen LogP contribution in [0.5, 0.6) is 0 Å². The van der Waals surface area contributed by atoms with Gasteiger partial charge in [-0.2, -0.15) is 0 Å². The van der Waals surface area contributed by atoms with Crippen molar-refractivity contribution in [3.63, 3.8) is 0 Å². The highest BCUT2D eigenvalue weighted by Crippen LogP contribution is 2.16. The van der Waals surface area contributed by atoms with Crippen molar-refractivity contribution in [2.45, 2.75) is 6.92 Å². The minimum absolute atomic E-state index is 0.178. The maximum Gasteiger partial charge on any atom is 0.256 e. The van der Waals surface area contributed by atoms with Crippen LogP contribution in [-0.4, -0.2) is 48.4 Å². The van der Waals surface area contributed by atoms with Crippen LogP contribution in [0.4, 0.5) is 10.1 Å². The highest BCUT2D eigenvalue weighted by molar-refractivity contribution is 5.99. The summed E-state index contributed by atoms with van der Waals surface area (Å²) >= 11 is 0. The van der Waals surface area contributed by atoms with E-state index in [2.05, 4.69) is 11.8 Å². The summed E-state index contributed by atoms with van der Waals surface area (Å²) in [6.45, 7) is 6.15. The van der Waals surface area contributed by atoms with Crippen molar-refractivity contribution in [1.82, 2.24) is 9.80 Å². The van der Waals surface area contributed by atoms with Crippen molar-refractivity contribution in [2.24, 2.45) is 0 Å². The van der Waals surface area contributed by atoms with Crippen molar-refractivity contribution >= 4 is 11.6 Å². The zero-order valence-electron chi connectivity index (χ0n) is 10.5. The first-order chi connectivity index (χ1) is 8.61. The Labute approximate surface area is 106 Å². The van der Waals surface area contributed by atoms with Gasteiger partial charge in [0, 0.05) is 31.9 Å². The van der Waals surface area contributed by atoms with Crippen LogP contribution >= 0.6 is 0 Å². The molecule has 0 atom stereocenters. The first-order valence-corrected chi connectivity index (χ1v) is 6.18. The summed E-state index contributed by atoms with van der Waals surface area (Å²) in [4.78, 5) is 16.2. The largest absolute Gasteiger partial charge is 0.398 e. The number of carbonyl (C=O) groups excluding carboxylic acids is 1. The molecule has 18 heavy (non-hydrogen) atoms. The van der Waals surface area contributed by atoms with Crippen molar-refractivity contribution in [3.8, 4) is 0 Å². The van der Waals surface area contributed by atoms with Crippen LogP contribution in [0.3, 0.4) is 0 Å². The molecule has 1 saturated heterocycles. The highest BCUT2D eigenvalue weighted by Gasteiger charge is 2.22. The lowest BCUT2D eigenvalue weighted by atomic mass is 10.1. The number of piperazine rings is 1. The lowest BCUT2D eigenvalue weighted by Crippen LogP contribution is -2.48. The zero-order valence-corrected chi connectivity index (χ0v) is 10.5. The molecule has 98 valence electrons. The van der Waals surface area contributed by atoms with Gasteiger partial charge in [-0.05, 0) is 24.7 Å². The molecule has 1 aliphatic heterocycles. The molecule has 0 aromatic heterocycles. The van der Waals surface area contributed by atoms with Crippen LogP contribution in [0.1, 0.15) is 17.3 Å². The molecule has 4 nitrogen and oxygen atoms in total. The van der Waals surface area contributed by atoms with Gasteiger partial charge in [0.25, 0.3) is 5.91 Å². The average Bonchev–Trinajstić information content (AvgIpc) is 2.41. The Bertz CT molecular complexity index is 442. The van der Waals surface area contributed by atoms with Gasteiger partial charge in [-0.15, -0.1) is 0 Å². The number of amides is 1. The molecule has 0 radical (unpaired) electrons. The molecule has 1 heterocycles. The van der Waals surface area contributed by atoms with E-state index in [1.807, 2.05) is 0 Å². The number of benzene rings is 1. The lowest BCUT2D eigenvalue weighted by Gasteiger charge is -2.34. The zero-order chi connectivity index (χ0) is 13.1. The predicted molar refractivity (Wildman–Crippen MR) is 68.8 cm³/mol. The van der Waals surface area contributed by atoms with Gasteiger partial charge in [0.05, 0.1) is 5.56 Å². The normalized spacial score (nSPS) is 16.9. The molecule has 0 unspecified atom stereocenters. The van der Waals surface area contributed by atoms with E-state index < -0.39 is 5.82 Å². The van der Waals surface area contributed by atoms with Crippen LogP contribution in [0.25, 0.3) is 0 Å². The third-order valence-electron chi connectivity index (χ3n) is 3.35. The van der Waals surface area contributed by atoms with E-state index in [9.17, 15) is 9.18 Å². The van der Waals surface area contributed by atoms with E-state index in [1.54, 1.807) is 4.90 Å². The number of halogens is 1. The topological polar surface area (TPSA) is 49.6 Å². The maximum atomic E-state index is 13.2. The molecule has 2 rings (SSSR count). The standard InChI is InChI=1S/C13H18FN3O/c1-2-16-5-7-17(8-6-16)13(18)11-9-10(14)3-4-12(11)15/h3-4,9H,2,5-8,15H2,1H3. The number of likely N-dealkylation sites (N-methyl/N-ethyl adjacent to an activating group) is 1. The molecule has 0 bridgehead atoms. The van der Waals surface area contributed by atoms with Crippen molar-refractivity contribution in [1.29, 1.82) is 0 Å². The first kappa shape index (κ1) is 12.8. The van der Waals surface area contributed by atoms with Crippen molar-refractivity contribution in [2.75, 3.05) is 38.5 Å². The number of nitrogens with zero attached hydrogens (tertiary/aromatic N) is 2. The van der Waals surface area contributed by atoms with E-state index in [1.165, 1.54) is 18.2 Å². The molecule has 1 fully saturated rings. The van der Waals surface area contributed by atoms with E-state index in [0.717, 1.165) is 19.6 Å². The summed E-state index contributed by atoms with van der Waals surface area (Å²) in [5.74, 6) is -0.609. The van der Waals surface area contributed by atoms with E-state index >= 15 is 0 Å². The van der Waals surface area contributed by atoms with Gasteiger partial charge in [-0.25, -0.2) is 4.39 Å². The van der Waals surface area contributed by atoms with Gasteiger partial charge < -0.3 is 15.5 Å². The fourth-order valence-corrected chi connectivity index (χ4v) is 2.15. The number of nitrogens with two attached hydrogens (primary N) is 1. The van der Waals surface area contributed by atoms with Crippen molar-refractivity contribution < 1.29 is 9.18 Å². The molecule has 0 spiro atoms. The van der Waals surface area contributed by atoms with Crippen LogP contribution < -0.4 is 5.73 Å². The maximum absolute atomic E-state index is 13.2. The highest BCUT2D eigenvalue weighted by atomic mass is 19.1. The second-order valence-electron chi connectivity index (χ2n) is 4.46. The molecule has 0 saturated carbocycles. The Balaban J connectivity index is 2.10. The summed E-state index contributed by atoms with van der Waals surface area (Å²) in [6.07, 6.45) is 0.